The Hall–Kier alpha value is -2.66. The van der Waals surface area contributed by atoms with Crippen molar-refractivity contribution in [3.8, 4) is 0 Å². The molecule has 0 radical (unpaired) electrons. The summed E-state index contributed by atoms with van der Waals surface area (Å²) >= 11 is 0. The quantitative estimate of drug-likeness (QED) is 0.749. The minimum atomic E-state index is -3.45. The highest BCUT2D eigenvalue weighted by molar-refractivity contribution is 7.91. The third kappa shape index (κ3) is 3.10. The highest BCUT2D eigenvalue weighted by Crippen LogP contribution is 2.35. The van der Waals surface area contributed by atoms with Gasteiger partial charge in [0.2, 0.25) is 5.91 Å². The number of carbonyl (C=O) groups excluding carboxylic acids is 1. The van der Waals surface area contributed by atoms with E-state index in [2.05, 4.69) is 17.4 Å². The van der Waals surface area contributed by atoms with E-state index in [0.29, 0.717) is 0 Å². The molecule has 1 N–H and O–H groups in total. The fraction of sp³-hybridized carbons (Fsp3) is 0.190. The van der Waals surface area contributed by atoms with Crippen LogP contribution in [0.1, 0.15) is 17.5 Å². The minimum Gasteiger partial charge on any atom is -0.325 e. The van der Waals surface area contributed by atoms with Crippen LogP contribution in [0.5, 0.6) is 0 Å². The molecular formula is C21H19NO3S. The summed E-state index contributed by atoms with van der Waals surface area (Å²) in [6, 6.07) is 18.3. The van der Waals surface area contributed by atoms with Gasteiger partial charge in [-0.2, -0.15) is 0 Å². The zero-order chi connectivity index (χ0) is 18.1. The van der Waals surface area contributed by atoms with Crippen molar-refractivity contribution >= 4 is 32.2 Å². The van der Waals surface area contributed by atoms with Gasteiger partial charge in [-0.25, -0.2) is 8.42 Å². The van der Waals surface area contributed by atoms with Crippen molar-refractivity contribution in [1.29, 1.82) is 0 Å². The van der Waals surface area contributed by atoms with E-state index in [9.17, 15) is 13.2 Å². The summed E-state index contributed by atoms with van der Waals surface area (Å²) < 4.78 is 24.6. The van der Waals surface area contributed by atoms with Crippen LogP contribution in [-0.2, 0) is 27.5 Å². The Morgan fingerprint density at radius 1 is 0.885 bits per heavy atom. The number of benzene rings is 3. The van der Waals surface area contributed by atoms with Gasteiger partial charge in [-0.3, -0.25) is 4.79 Å². The van der Waals surface area contributed by atoms with Crippen molar-refractivity contribution in [2.24, 2.45) is 0 Å². The standard InChI is InChI=1S/C21H19NO3S/c23-20(13-14-26(24,25)17-6-2-1-3-7-17)22-19-12-11-16-10-9-15-5-4-8-18(19)21(15)16/h1-8,11-12H,9-10,13-14H2,(H,22,23). The second-order valence-electron chi connectivity index (χ2n) is 6.54. The molecule has 0 heterocycles. The monoisotopic (exact) mass is 365 g/mol. The Labute approximate surface area is 152 Å². The summed E-state index contributed by atoms with van der Waals surface area (Å²) in [6.07, 6.45) is 1.99. The van der Waals surface area contributed by atoms with Gasteiger partial charge in [0.15, 0.2) is 9.84 Å². The fourth-order valence-corrected chi connectivity index (χ4v) is 4.80. The van der Waals surface area contributed by atoms with Crippen molar-refractivity contribution in [3.63, 3.8) is 0 Å². The fourth-order valence-electron chi connectivity index (χ4n) is 3.54. The first kappa shape index (κ1) is 16.8. The van der Waals surface area contributed by atoms with E-state index in [-0.39, 0.29) is 23.0 Å². The van der Waals surface area contributed by atoms with Gasteiger partial charge in [-0.05, 0) is 47.6 Å². The molecule has 5 heteroatoms. The van der Waals surface area contributed by atoms with Crippen molar-refractivity contribution in [2.45, 2.75) is 24.2 Å². The lowest BCUT2D eigenvalue weighted by Crippen LogP contribution is -2.17. The minimum absolute atomic E-state index is 0.0693. The Kier molecular flexibility index (Phi) is 4.24. The van der Waals surface area contributed by atoms with Crippen LogP contribution in [0, 0.1) is 0 Å². The van der Waals surface area contributed by atoms with E-state index in [1.165, 1.54) is 16.5 Å². The molecule has 1 amide bonds. The Morgan fingerprint density at radius 3 is 2.38 bits per heavy atom. The number of hydrogen-bond acceptors (Lipinski definition) is 3. The first-order chi connectivity index (χ1) is 12.5. The predicted octanol–water partition coefficient (Wildman–Crippen LogP) is 3.74. The molecule has 0 saturated carbocycles. The van der Waals surface area contributed by atoms with Gasteiger partial charge in [0.1, 0.15) is 0 Å². The van der Waals surface area contributed by atoms with Gasteiger partial charge in [0.25, 0.3) is 0 Å². The number of nitrogens with one attached hydrogen (secondary N) is 1. The first-order valence-corrected chi connectivity index (χ1v) is 10.3. The number of sulfone groups is 1. The molecule has 4 rings (SSSR count). The normalized spacial score (nSPS) is 13.1. The molecule has 0 aromatic heterocycles. The van der Waals surface area contributed by atoms with E-state index < -0.39 is 9.84 Å². The van der Waals surface area contributed by atoms with Gasteiger partial charge in [0.05, 0.1) is 10.6 Å². The lowest BCUT2D eigenvalue weighted by Gasteiger charge is -2.11. The zero-order valence-corrected chi connectivity index (χ0v) is 15.1. The van der Waals surface area contributed by atoms with Crippen molar-refractivity contribution in [1.82, 2.24) is 0 Å². The lowest BCUT2D eigenvalue weighted by molar-refractivity contribution is -0.115. The molecule has 3 aromatic rings. The Bertz CT molecular complexity index is 1080. The molecule has 4 nitrogen and oxygen atoms in total. The molecule has 26 heavy (non-hydrogen) atoms. The molecule has 0 atom stereocenters. The first-order valence-electron chi connectivity index (χ1n) is 8.66. The average molecular weight is 365 g/mol. The predicted molar refractivity (Wildman–Crippen MR) is 103 cm³/mol. The molecule has 1 aliphatic rings. The van der Waals surface area contributed by atoms with E-state index in [1.54, 1.807) is 30.3 Å². The average Bonchev–Trinajstić information content (AvgIpc) is 3.08. The van der Waals surface area contributed by atoms with E-state index in [4.69, 9.17) is 0 Å². The number of carbonyl (C=O) groups is 1. The molecule has 0 aliphatic heterocycles. The van der Waals surface area contributed by atoms with Gasteiger partial charge >= 0.3 is 0 Å². The third-order valence-corrected chi connectivity index (χ3v) is 6.58. The van der Waals surface area contributed by atoms with Gasteiger partial charge in [-0.1, -0.05) is 42.5 Å². The molecule has 3 aromatic carbocycles. The maximum Gasteiger partial charge on any atom is 0.225 e. The van der Waals surface area contributed by atoms with Crippen LogP contribution in [0.3, 0.4) is 0 Å². The summed E-state index contributed by atoms with van der Waals surface area (Å²) in [6.45, 7) is 0. The smallest absolute Gasteiger partial charge is 0.225 e. The third-order valence-electron chi connectivity index (χ3n) is 4.85. The van der Waals surface area contributed by atoms with Crippen LogP contribution in [0.2, 0.25) is 0 Å². The van der Waals surface area contributed by atoms with Gasteiger partial charge < -0.3 is 5.32 Å². The summed E-state index contributed by atoms with van der Waals surface area (Å²) in [4.78, 5) is 12.6. The van der Waals surface area contributed by atoms with Crippen molar-refractivity contribution < 1.29 is 13.2 Å². The van der Waals surface area contributed by atoms with Gasteiger partial charge in [0, 0.05) is 17.5 Å². The van der Waals surface area contributed by atoms with Crippen molar-refractivity contribution in [3.05, 3.63) is 71.8 Å². The number of aryl methyl sites for hydroxylation is 2. The molecule has 0 spiro atoms. The summed E-state index contributed by atoms with van der Waals surface area (Å²) in [5.41, 5.74) is 3.36. The topological polar surface area (TPSA) is 63.2 Å². The summed E-state index contributed by atoms with van der Waals surface area (Å²) in [7, 11) is -3.45. The molecule has 0 fully saturated rings. The van der Waals surface area contributed by atoms with E-state index in [0.717, 1.165) is 23.9 Å². The SMILES string of the molecule is O=C(CCS(=O)(=O)c1ccccc1)Nc1ccc2c3c(cccc13)CC2. The van der Waals surface area contributed by atoms with E-state index in [1.807, 2.05) is 18.2 Å². The van der Waals surface area contributed by atoms with Crippen LogP contribution in [0.4, 0.5) is 5.69 Å². The van der Waals surface area contributed by atoms with Crippen LogP contribution in [-0.4, -0.2) is 20.1 Å². The van der Waals surface area contributed by atoms with E-state index >= 15 is 0 Å². The maximum absolute atomic E-state index is 12.3. The summed E-state index contributed by atoms with van der Waals surface area (Å²) in [5.74, 6) is -0.493. The van der Waals surface area contributed by atoms with Crippen LogP contribution in [0.15, 0.2) is 65.6 Å². The molecule has 0 saturated heterocycles. The molecule has 1 aliphatic carbocycles. The zero-order valence-electron chi connectivity index (χ0n) is 14.2. The van der Waals surface area contributed by atoms with Crippen LogP contribution in [0.25, 0.3) is 10.8 Å². The van der Waals surface area contributed by atoms with Gasteiger partial charge in [-0.15, -0.1) is 0 Å². The lowest BCUT2D eigenvalue weighted by atomic mass is 10.0. The second-order valence-corrected chi connectivity index (χ2v) is 8.65. The van der Waals surface area contributed by atoms with Crippen molar-refractivity contribution in [2.75, 3.05) is 11.1 Å². The molecule has 0 unspecified atom stereocenters. The highest BCUT2D eigenvalue weighted by Gasteiger charge is 2.19. The van der Waals surface area contributed by atoms with Crippen LogP contribution >= 0.6 is 0 Å². The molecule has 0 bridgehead atoms. The molecular weight excluding hydrogens is 346 g/mol. The number of anilines is 1. The number of amides is 1. The van der Waals surface area contributed by atoms with Crippen LogP contribution < -0.4 is 5.32 Å². The maximum atomic E-state index is 12.3. The highest BCUT2D eigenvalue weighted by atomic mass is 32.2. The Balaban J connectivity index is 1.51. The second kappa shape index (κ2) is 6.57. The number of hydrogen-bond donors (Lipinski definition) is 1. The molecule has 132 valence electrons. The number of rotatable bonds is 5. The largest absolute Gasteiger partial charge is 0.325 e. The Morgan fingerprint density at radius 2 is 1.62 bits per heavy atom. The summed E-state index contributed by atoms with van der Waals surface area (Å²) in [5, 5.41) is 5.14.